The fourth-order valence-electron chi connectivity index (χ4n) is 2.49. The molecule has 1 aliphatic heterocycles. The first-order valence-electron chi connectivity index (χ1n) is 7.95. The van der Waals surface area contributed by atoms with Crippen molar-refractivity contribution in [2.45, 2.75) is 52.4 Å². The molecule has 0 N–H and O–H groups in total. The molecule has 1 heterocycles. The van der Waals surface area contributed by atoms with Gasteiger partial charge < -0.3 is 9.47 Å². The highest BCUT2D eigenvalue weighted by molar-refractivity contribution is 6.00. The summed E-state index contributed by atoms with van der Waals surface area (Å²) in [7, 11) is 0. The molecule has 2 unspecified atom stereocenters. The quantitative estimate of drug-likeness (QED) is 0.795. The smallest absolute Gasteiger partial charge is 0.417 e. The largest absolute Gasteiger partial charge is 0.459 e. The number of ether oxygens (including phenoxy) is 2. The average molecular weight is 333 g/mol. The van der Waals surface area contributed by atoms with E-state index in [9.17, 15) is 14.4 Å². The zero-order chi connectivity index (χ0) is 17.9. The van der Waals surface area contributed by atoms with Crippen LogP contribution in [0.3, 0.4) is 0 Å². The van der Waals surface area contributed by atoms with Gasteiger partial charge in [-0.3, -0.25) is 4.79 Å². The zero-order valence-corrected chi connectivity index (χ0v) is 14.4. The van der Waals surface area contributed by atoms with Gasteiger partial charge in [0.15, 0.2) is 0 Å². The SMILES string of the molecule is CC1CC(C(=O)OCc2ccccc2)N(C(=O)OC(C)(C)C)C1=O. The molecule has 1 saturated heterocycles. The van der Waals surface area contributed by atoms with E-state index in [1.165, 1.54) is 0 Å². The summed E-state index contributed by atoms with van der Waals surface area (Å²) in [6.45, 7) is 6.90. The molecule has 1 fully saturated rings. The van der Waals surface area contributed by atoms with E-state index in [2.05, 4.69) is 0 Å². The van der Waals surface area contributed by atoms with Crippen LogP contribution in [0.1, 0.15) is 39.7 Å². The van der Waals surface area contributed by atoms with Crippen molar-refractivity contribution < 1.29 is 23.9 Å². The van der Waals surface area contributed by atoms with Crippen molar-refractivity contribution in [1.29, 1.82) is 0 Å². The van der Waals surface area contributed by atoms with Crippen molar-refractivity contribution >= 4 is 18.0 Å². The number of rotatable bonds is 3. The van der Waals surface area contributed by atoms with Gasteiger partial charge in [0.25, 0.3) is 0 Å². The maximum absolute atomic E-state index is 12.4. The molecule has 24 heavy (non-hydrogen) atoms. The molecule has 1 aromatic carbocycles. The summed E-state index contributed by atoms with van der Waals surface area (Å²) in [5.41, 5.74) is 0.0915. The van der Waals surface area contributed by atoms with E-state index >= 15 is 0 Å². The Bertz CT molecular complexity index is 620. The predicted octanol–water partition coefficient (Wildman–Crippen LogP) is 2.90. The van der Waals surface area contributed by atoms with Crippen LogP contribution in [0.15, 0.2) is 30.3 Å². The minimum Gasteiger partial charge on any atom is -0.459 e. The maximum Gasteiger partial charge on any atom is 0.417 e. The molecule has 0 spiro atoms. The van der Waals surface area contributed by atoms with Gasteiger partial charge >= 0.3 is 12.1 Å². The molecule has 2 rings (SSSR count). The molecule has 130 valence electrons. The third kappa shape index (κ3) is 4.34. The second-order valence-corrected chi connectivity index (χ2v) is 6.93. The predicted molar refractivity (Wildman–Crippen MR) is 86.9 cm³/mol. The van der Waals surface area contributed by atoms with E-state index in [-0.39, 0.29) is 13.0 Å². The molecule has 2 amide bonds. The molecule has 0 radical (unpaired) electrons. The lowest BCUT2D eigenvalue weighted by atomic mass is 10.1. The second-order valence-electron chi connectivity index (χ2n) is 6.93. The summed E-state index contributed by atoms with van der Waals surface area (Å²) in [5, 5.41) is 0. The number of nitrogens with zero attached hydrogens (tertiary/aromatic N) is 1. The van der Waals surface area contributed by atoms with Crippen molar-refractivity contribution in [3.63, 3.8) is 0 Å². The average Bonchev–Trinajstić information content (AvgIpc) is 2.80. The van der Waals surface area contributed by atoms with Gasteiger partial charge in [-0.05, 0) is 32.8 Å². The van der Waals surface area contributed by atoms with Crippen molar-refractivity contribution in [2.75, 3.05) is 0 Å². The highest BCUT2D eigenvalue weighted by Crippen LogP contribution is 2.27. The van der Waals surface area contributed by atoms with Gasteiger partial charge in [0.2, 0.25) is 5.91 Å². The third-order valence-electron chi connectivity index (χ3n) is 3.63. The molecule has 1 aliphatic rings. The van der Waals surface area contributed by atoms with Crippen LogP contribution < -0.4 is 0 Å². The molecular weight excluding hydrogens is 310 g/mol. The van der Waals surface area contributed by atoms with E-state index in [1.807, 2.05) is 30.3 Å². The first-order valence-corrected chi connectivity index (χ1v) is 7.95. The fourth-order valence-corrected chi connectivity index (χ4v) is 2.49. The number of carbonyl (C=O) groups is 3. The van der Waals surface area contributed by atoms with E-state index < -0.39 is 35.5 Å². The summed E-state index contributed by atoms with van der Waals surface area (Å²) in [6.07, 6.45) is -0.565. The standard InChI is InChI=1S/C18H23NO5/c1-12-10-14(16(21)23-11-13-8-6-5-7-9-13)19(15(12)20)17(22)24-18(2,3)4/h5-9,12,14H,10-11H2,1-4H3. The Morgan fingerprint density at radius 3 is 2.42 bits per heavy atom. The van der Waals surface area contributed by atoms with Crippen LogP contribution in [0.4, 0.5) is 4.79 Å². The van der Waals surface area contributed by atoms with Crippen molar-refractivity contribution in [3.05, 3.63) is 35.9 Å². The molecule has 2 atom stereocenters. The highest BCUT2D eigenvalue weighted by Gasteiger charge is 2.47. The van der Waals surface area contributed by atoms with Crippen molar-refractivity contribution in [1.82, 2.24) is 4.90 Å². The molecule has 1 aromatic rings. The van der Waals surface area contributed by atoms with Gasteiger partial charge in [-0.1, -0.05) is 37.3 Å². The van der Waals surface area contributed by atoms with Gasteiger partial charge in [-0.15, -0.1) is 0 Å². The number of imide groups is 1. The number of likely N-dealkylation sites (tertiary alicyclic amines) is 1. The number of benzene rings is 1. The second kappa shape index (κ2) is 7.03. The molecule has 0 bridgehead atoms. The maximum atomic E-state index is 12.4. The zero-order valence-electron chi connectivity index (χ0n) is 14.4. The number of carbonyl (C=O) groups excluding carboxylic acids is 3. The lowest BCUT2D eigenvalue weighted by Crippen LogP contribution is -2.46. The summed E-state index contributed by atoms with van der Waals surface area (Å²) >= 11 is 0. The van der Waals surface area contributed by atoms with Gasteiger partial charge in [0.1, 0.15) is 18.2 Å². The lowest BCUT2D eigenvalue weighted by molar-refractivity contribution is -0.152. The van der Waals surface area contributed by atoms with Crippen LogP contribution in [0, 0.1) is 5.92 Å². The monoisotopic (exact) mass is 333 g/mol. The lowest BCUT2D eigenvalue weighted by Gasteiger charge is -2.26. The molecule has 0 saturated carbocycles. The minimum atomic E-state index is -0.939. The van der Waals surface area contributed by atoms with Crippen LogP contribution in [-0.4, -0.2) is 34.5 Å². The normalized spacial score (nSPS) is 20.8. The minimum absolute atomic E-state index is 0.0981. The fraction of sp³-hybridized carbons (Fsp3) is 0.500. The third-order valence-corrected chi connectivity index (χ3v) is 3.63. The van der Waals surface area contributed by atoms with Crippen LogP contribution in [0.5, 0.6) is 0 Å². The Hall–Kier alpha value is -2.37. The van der Waals surface area contributed by atoms with E-state index in [4.69, 9.17) is 9.47 Å². The van der Waals surface area contributed by atoms with Crippen LogP contribution in [0.25, 0.3) is 0 Å². The number of esters is 1. The summed E-state index contributed by atoms with van der Waals surface area (Å²) < 4.78 is 10.5. The summed E-state index contributed by atoms with van der Waals surface area (Å²) in [4.78, 5) is 37.8. The Morgan fingerprint density at radius 1 is 1.21 bits per heavy atom. The van der Waals surface area contributed by atoms with Crippen LogP contribution in [0.2, 0.25) is 0 Å². The number of hydrogen-bond donors (Lipinski definition) is 0. The first kappa shape index (κ1) is 18.0. The topological polar surface area (TPSA) is 72.9 Å². The number of amides is 2. The van der Waals surface area contributed by atoms with Crippen molar-refractivity contribution in [3.8, 4) is 0 Å². The first-order chi connectivity index (χ1) is 11.2. The van der Waals surface area contributed by atoms with Crippen molar-refractivity contribution in [2.24, 2.45) is 5.92 Å². The Morgan fingerprint density at radius 2 is 1.83 bits per heavy atom. The summed E-state index contributed by atoms with van der Waals surface area (Å²) in [5.74, 6) is -1.43. The highest BCUT2D eigenvalue weighted by atomic mass is 16.6. The van der Waals surface area contributed by atoms with E-state index in [1.54, 1.807) is 27.7 Å². The van der Waals surface area contributed by atoms with Crippen LogP contribution >= 0.6 is 0 Å². The molecular formula is C18H23NO5. The molecule has 6 nitrogen and oxygen atoms in total. The van der Waals surface area contributed by atoms with Gasteiger partial charge in [0.05, 0.1) is 0 Å². The van der Waals surface area contributed by atoms with E-state index in [0.29, 0.717) is 0 Å². The Labute approximate surface area is 141 Å². The van der Waals surface area contributed by atoms with Gasteiger partial charge in [-0.25, -0.2) is 14.5 Å². The summed E-state index contributed by atoms with van der Waals surface area (Å²) in [6, 6.07) is 8.29. The van der Waals surface area contributed by atoms with E-state index in [0.717, 1.165) is 10.5 Å². The molecule has 6 heteroatoms. The Balaban J connectivity index is 2.07. The van der Waals surface area contributed by atoms with Crippen LogP contribution in [-0.2, 0) is 25.7 Å². The molecule has 0 aromatic heterocycles. The number of hydrogen-bond acceptors (Lipinski definition) is 5. The van der Waals surface area contributed by atoms with Gasteiger partial charge in [0, 0.05) is 5.92 Å². The molecule has 0 aliphatic carbocycles. The Kier molecular flexibility index (Phi) is 5.26. The van der Waals surface area contributed by atoms with Gasteiger partial charge in [-0.2, -0.15) is 0 Å².